The molecule has 1 heterocycles. The van der Waals surface area contributed by atoms with Crippen LogP contribution in [-0.2, 0) is 0 Å². The Kier molecular flexibility index (Phi) is 6.87. The summed E-state index contributed by atoms with van der Waals surface area (Å²) in [6, 6.07) is 1.68. The summed E-state index contributed by atoms with van der Waals surface area (Å²) in [7, 11) is 3.01. The highest BCUT2D eigenvalue weighted by Gasteiger charge is 2.18. The number of halogens is 2. The van der Waals surface area contributed by atoms with Crippen LogP contribution in [0.4, 0.5) is 0 Å². The fraction of sp³-hybridized carbons (Fsp3) is 0.438. The Balaban J connectivity index is 2.51. The van der Waals surface area contributed by atoms with Gasteiger partial charge in [0.15, 0.2) is 11.6 Å². The van der Waals surface area contributed by atoms with Crippen molar-refractivity contribution in [2.24, 2.45) is 5.10 Å². The number of ether oxygens (including phenoxy) is 2. The van der Waals surface area contributed by atoms with Crippen molar-refractivity contribution in [2.45, 2.75) is 32.6 Å². The highest BCUT2D eigenvalue weighted by atomic mass is 35.5. The highest BCUT2D eigenvalue weighted by molar-refractivity contribution is 7.71. The summed E-state index contributed by atoms with van der Waals surface area (Å²) in [6.45, 7) is 4.21. The van der Waals surface area contributed by atoms with E-state index in [0.29, 0.717) is 26.9 Å². The summed E-state index contributed by atoms with van der Waals surface area (Å²) in [5.41, 5.74) is 0.608. The fourth-order valence-electron chi connectivity index (χ4n) is 2.55. The van der Waals surface area contributed by atoms with Gasteiger partial charge in [0, 0.05) is 11.5 Å². The maximum Gasteiger partial charge on any atom is 0.216 e. The standard InChI is InChI=1S/C16H20Cl2N4O2S/c1-5-9(6-2)15-20-21-16(25)22(15)19-8-10-7-11(17)14(24-4)12(18)13(10)23-3/h7-9H,5-6H2,1-4H3,(H,21,25)/b19-8-. The predicted octanol–water partition coefficient (Wildman–Crippen LogP) is 5.05. The second-order valence-corrected chi connectivity index (χ2v) is 6.46. The van der Waals surface area contributed by atoms with E-state index in [-0.39, 0.29) is 10.9 Å². The molecule has 0 amide bonds. The number of nitrogens with zero attached hydrogens (tertiary/aromatic N) is 3. The van der Waals surface area contributed by atoms with Crippen LogP contribution in [0.25, 0.3) is 0 Å². The monoisotopic (exact) mass is 402 g/mol. The maximum absolute atomic E-state index is 6.30. The van der Waals surface area contributed by atoms with Gasteiger partial charge in [-0.2, -0.15) is 14.9 Å². The van der Waals surface area contributed by atoms with E-state index < -0.39 is 0 Å². The van der Waals surface area contributed by atoms with Crippen molar-refractivity contribution in [1.29, 1.82) is 0 Å². The molecule has 1 N–H and O–H groups in total. The summed E-state index contributed by atoms with van der Waals surface area (Å²) < 4.78 is 12.6. The zero-order valence-corrected chi connectivity index (χ0v) is 16.8. The van der Waals surface area contributed by atoms with Crippen molar-refractivity contribution >= 4 is 41.6 Å². The molecule has 0 aliphatic rings. The second kappa shape index (κ2) is 8.69. The van der Waals surface area contributed by atoms with Gasteiger partial charge < -0.3 is 9.47 Å². The number of H-pyrrole nitrogens is 1. The first-order valence-corrected chi connectivity index (χ1v) is 8.96. The van der Waals surface area contributed by atoms with Gasteiger partial charge in [-0.15, -0.1) is 0 Å². The Morgan fingerprint density at radius 2 is 1.92 bits per heavy atom. The van der Waals surface area contributed by atoms with Gasteiger partial charge in [0.2, 0.25) is 4.77 Å². The van der Waals surface area contributed by atoms with E-state index in [2.05, 4.69) is 29.1 Å². The molecule has 0 saturated carbocycles. The Bertz CT molecular complexity index is 828. The topological polar surface area (TPSA) is 64.4 Å². The molecule has 25 heavy (non-hydrogen) atoms. The Labute approximate surface area is 161 Å². The summed E-state index contributed by atoms with van der Waals surface area (Å²) in [6.07, 6.45) is 3.47. The average Bonchev–Trinajstić information content (AvgIpc) is 2.95. The van der Waals surface area contributed by atoms with Gasteiger partial charge in [-0.05, 0) is 31.1 Å². The van der Waals surface area contributed by atoms with E-state index in [1.165, 1.54) is 14.2 Å². The Morgan fingerprint density at radius 3 is 2.48 bits per heavy atom. The van der Waals surface area contributed by atoms with Crippen LogP contribution < -0.4 is 9.47 Å². The fourth-order valence-corrected chi connectivity index (χ4v) is 3.44. The van der Waals surface area contributed by atoms with Crippen molar-refractivity contribution in [3.8, 4) is 11.5 Å². The van der Waals surface area contributed by atoms with Crippen LogP contribution in [0.2, 0.25) is 10.0 Å². The minimum atomic E-state index is 0.259. The molecule has 2 rings (SSSR count). The van der Waals surface area contributed by atoms with Gasteiger partial charge in [0.1, 0.15) is 10.8 Å². The Morgan fingerprint density at radius 1 is 1.28 bits per heavy atom. The maximum atomic E-state index is 6.30. The van der Waals surface area contributed by atoms with Crippen LogP contribution in [-0.4, -0.2) is 35.3 Å². The number of rotatable bonds is 7. The van der Waals surface area contributed by atoms with Crippen molar-refractivity contribution in [3.05, 3.63) is 32.3 Å². The quantitative estimate of drug-likeness (QED) is 0.519. The molecule has 0 aliphatic carbocycles. The molecule has 0 radical (unpaired) electrons. The lowest BCUT2D eigenvalue weighted by Crippen LogP contribution is -2.05. The lowest BCUT2D eigenvalue weighted by molar-refractivity contribution is 0.394. The summed E-state index contributed by atoms with van der Waals surface area (Å²) >= 11 is 17.8. The summed E-state index contributed by atoms with van der Waals surface area (Å²) in [4.78, 5) is 0. The van der Waals surface area contributed by atoms with Gasteiger partial charge in [-0.25, -0.2) is 0 Å². The van der Waals surface area contributed by atoms with E-state index in [1.807, 2.05) is 0 Å². The molecule has 6 nitrogen and oxygen atoms in total. The van der Waals surface area contributed by atoms with Crippen LogP contribution in [0.5, 0.6) is 11.5 Å². The molecule has 0 bridgehead atoms. The molecule has 2 aromatic rings. The number of hydrogen-bond acceptors (Lipinski definition) is 5. The van der Waals surface area contributed by atoms with E-state index in [1.54, 1.807) is 17.0 Å². The van der Waals surface area contributed by atoms with Crippen molar-refractivity contribution in [1.82, 2.24) is 14.9 Å². The molecular weight excluding hydrogens is 383 g/mol. The van der Waals surface area contributed by atoms with Crippen LogP contribution in [0, 0.1) is 4.77 Å². The molecule has 0 aliphatic heterocycles. The highest BCUT2D eigenvalue weighted by Crippen LogP contribution is 2.41. The predicted molar refractivity (Wildman–Crippen MR) is 103 cm³/mol. The molecule has 0 fully saturated rings. The molecule has 136 valence electrons. The molecule has 0 atom stereocenters. The average molecular weight is 403 g/mol. The summed E-state index contributed by atoms with van der Waals surface area (Å²) in [5, 5.41) is 12.2. The molecule has 1 aromatic carbocycles. The molecule has 1 aromatic heterocycles. The molecule has 0 saturated heterocycles. The SMILES string of the molecule is CCC(CC)c1n[nH]c(=S)n1/N=C\c1cc(Cl)c(OC)c(Cl)c1OC. The van der Waals surface area contributed by atoms with E-state index in [9.17, 15) is 0 Å². The smallest absolute Gasteiger partial charge is 0.216 e. The third-order valence-electron chi connectivity index (χ3n) is 3.91. The largest absolute Gasteiger partial charge is 0.494 e. The van der Waals surface area contributed by atoms with Gasteiger partial charge in [0.25, 0.3) is 0 Å². The normalized spacial score (nSPS) is 11.5. The number of aromatic nitrogens is 3. The molecule has 0 unspecified atom stereocenters. The van der Waals surface area contributed by atoms with Crippen LogP contribution in [0.15, 0.2) is 11.2 Å². The van der Waals surface area contributed by atoms with Gasteiger partial charge in [-0.1, -0.05) is 37.0 Å². The molecule has 9 heteroatoms. The number of aromatic amines is 1. The first-order chi connectivity index (χ1) is 12.0. The first-order valence-electron chi connectivity index (χ1n) is 7.79. The zero-order valence-electron chi connectivity index (χ0n) is 14.5. The lowest BCUT2D eigenvalue weighted by atomic mass is 10.0. The molecule has 0 spiro atoms. The second-order valence-electron chi connectivity index (χ2n) is 5.28. The van der Waals surface area contributed by atoms with Gasteiger partial charge >= 0.3 is 0 Å². The third kappa shape index (κ3) is 3.99. The third-order valence-corrected chi connectivity index (χ3v) is 4.80. The van der Waals surface area contributed by atoms with Crippen LogP contribution in [0.3, 0.4) is 0 Å². The zero-order chi connectivity index (χ0) is 18.6. The van der Waals surface area contributed by atoms with Crippen molar-refractivity contribution in [2.75, 3.05) is 14.2 Å². The lowest BCUT2D eigenvalue weighted by Gasteiger charge is -2.13. The number of nitrogens with one attached hydrogen (secondary N) is 1. The molecular formula is C16H20Cl2N4O2S. The number of hydrogen-bond donors (Lipinski definition) is 1. The van der Waals surface area contributed by atoms with Gasteiger partial charge in [0.05, 0.1) is 25.5 Å². The minimum absolute atomic E-state index is 0.259. The number of methoxy groups -OCH3 is 2. The van der Waals surface area contributed by atoms with Crippen molar-refractivity contribution in [3.63, 3.8) is 0 Å². The van der Waals surface area contributed by atoms with Crippen molar-refractivity contribution < 1.29 is 9.47 Å². The van der Waals surface area contributed by atoms with E-state index >= 15 is 0 Å². The first kappa shape index (κ1) is 19.8. The summed E-state index contributed by atoms with van der Waals surface area (Å²) in [5.74, 6) is 1.83. The van der Waals surface area contributed by atoms with Gasteiger partial charge in [-0.3, -0.25) is 5.10 Å². The minimum Gasteiger partial charge on any atom is -0.494 e. The van der Waals surface area contributed by atoms with E-state index in [0.717, 1.165) is 18.7 Å². The van der Waals surface area contributed by atoms with Crippen LogP contribution in [0.1, 0.15) is 44.0 Å². The van der Waals surface area contributed by atoms with Crippen LogP contribution >= 0.6 is 35.4 Å². The van der Waals surface area contributed by atoms with E-state index in [4.69, 9.17) is 44.9 Å². The Hall–Kier alpha value is -1.57. The number of benzene rings is 1.